The molecule has 1 aliphatic heterocycles. The normalized spacial score (nSPS) is 21.6. The maximum atomic E-state index is 11.1. The molecule has 0 saturated carbocycles. The minimum Gasteiger partial charge on any atom is -0.494 e. The van der Waals surface area contributed by atoms with Crippen molar-refractivity contribution in [1.82, 2.24) is 0 Å². The summed E-state index contributed by atoms with van der Waals surface area (Å²) >= 11 is 6.44. The largest absolute Gasteiger partial charge is 0.494 e. The number of benzene rings is 2. The van der Waals surface area contributed by atoms with E-state index in [2.05, 4.69) is 0 Å². The Labute approximate surface area is 176 Å². The molecule has 5 nitrogen and oxygen atoms in total. The zero-order chi connectivity index (χ0) is 20.8. The first kappa shape index (κ1) is 21.6. The third-order valence-corrected chi connectivity index (χ3v) is 5.29. The van der Waals surface area contributed by atoms with Crippen molar-refractivity contribution in [3.8, 4) is 5.75 Å². The van der Waals surface area contributed by atoms with E-state index in [9.17, 15) is 9.90 Å². The number of aliphatic hydroxyl groups excluding tert-OH is 1. The predicted molar refractivity (Wildman–Crippen MR) is 111 cm³/mol. The van der Waals surface area contributed by atoms with Crippen molar-refractivity contribution in [1.29, 1.82) is 0 Å². The second-order valence-electron chi connectivity index (χ2n) is 7.28. The van der Waals surface area contributed by atoms with Gasteiger partial charge in [0.25, 0.3) is 0 Å². The number of aliphatic hydroxyl groups is 1. The van der Waals surface area contributed by atoms with Gasteiger partial charge < -0.3 is 19.3 Å². The summed E-state index contributed by atoms with van der Waals surface area (Å²) < 4.78 is 16.6. The minimum atomic E-state index is -0.500. The first-order chi connectivity index (χ1) is 13.9. The van der Waals surface area contributed by atoms with Crippen LogP contribution < -0.4 is 4.74 Å². The number of carbonyl (C=O) groups excluding carboxylic acids is 1. The summed E-state index contributed by atoms with van der Waals surface area (Å²) in [6.07, 6.45) is 0.551. The zero-order valence-electron chi connectivity index (χ0n) is 16.8. The topological polar surface area (TPSA) is 65.0 Å². The van der Waals surface area contributed by atoms with Gasteiger partial charge in [-0.1, -0.05) is 35.9 Å². The van der Waals surface area contributed by atoms with E-state index in [-0.39, 0.29) is 24.8 Å². The van der Waals surface area contributed by atoms with E-state index in [1.165, 1.54) is 6.92 Å². The Morgan fingerprint density at radius 3 is 2.66 bits per heavy atom. The lowest BCUT2D eigenvalue weighted by Crippen LogP contribution is -2.34. The Kier molecular flexibility index (Phi) is 7.53. The minimum absolute atomic E-state index is 0.148. The number of ether oxygens (including phenoxy) is 3. The van der Waals surface area contributed by atoms with Crippen LogP contribution in [0.1, 0.15) is 49.5 Å². The zero-order valence-corrected chi connectivity index (χ0v) is 17.5. The third kappa shape index (κ3) is 6.20. The highest BCUT2D eigenvalue weighted by Crippen LogP contribution is 2.34. The van der Waals surface area contributed by atoms with E-state index in [0.717, 1.165) is 22.4 Å². The van der Waals surface area contributed by atoms with Crippen LogP contribution in [-0.4, -0.2) is 36.5 Å². The Morgan fingerprint density at radius 2 is 1.97 bits per heavy atom. The summed E-state index contributed by atoms with van der Waals surface area (Å²) in [5.74, 6) is 0.494. The van der Waals surface area contributed by atoms with Crippen molar-refractivity contribution < 1.29 is 24.1 Å². The van der Waals surface area contributed by atoms with Crippen LogP contribution in [0.15, 0.2) is 42.5 Å². The summed E-state index contributed by atoms with van der Waals surface area (Å²) in [4.78, 5) is 11.1. The van der Waals surface area contributed by atoms with Gasteiger partial charge in [-0.2, -0.15) is 0 Å². The predicted octanol–water partition coefficient (Wildman–Crippen LogP) is 4.47. The van der Waals surface area contributed by atoms with E-state index < -0.39 is 6.10 Å². The summed E-state index contributed by atoms with van der Waals surface area (Å²) in [5.41, 5.74) is 3.08. The van der Waals surface area contributed by atoms with Gasteiger partial charge in [0.1, 0.15) is 12.4 Å². The van der Waals surface area contributed by atoms with E-state index in [1.807, 2.05) is 49.4 Å². The quantitative estimate of drug-likeness (QED) is 0.672. The smallest absolute Gasteiger partial charge is 0.302 e. The van der Waals surface area contributed by atoms with Gasteiger partial charge in [0, 0.05) is 24.8 Å². The van der Waals surface area contributed by atoms with Gasteiger partial charge in [-0.25, -0.2) is 0 Å². The van der Waals surface area contributed by atoms with Crippen LogP contribution in [0.25, 0.3) is 0 Å². The molecule has 1 aliphatic rings. The maximum absolute atomic E-state index is 11.1. The molecule has 1 saturated heterocycles. The summed E-state index contributed by atoms with van der Waals surface area (Å²) in [6, 6.07) is 13.8. The van der Waals surface area contributed by atoms with Gasteiger partial charge in [0.2, 0.25) is 0 Å². The van der Waals surface area contributed by atoms with Crippen LogP contribution in [0.4, 0.5) is 0 Å². The lowest BCUT2D eigenvalue weighted by Gasteiger charge is -2.33. The lowest BCUT2D eigenvalue weighted by molar-refractivity contribution is -0.155. The molecule has 3 atom stereocenters. The van der Waals surface area contributed by atoms with Gasteiger partial charge in [-0.15, -0.1) is 0 Å². The second-order valence-corrected chi connectivity index (χ2v) is 7.69. The molecule has 0 aromatic heterocycles. The Hall–Kier alpha value is -2.08. The van der Waals surface area contributed by atoms with Gasteiger partial charge >= 0.3 is 5.97 Å². The molecule has 3 unspecified atom stereocenters. The molecule has 0 radical (unpaired) electrons. The Bertz CT molecular complexity index is 821. The van der Waals surface area contributed by atoms with Crippen LogP contribution in [-0.2, 0) is 20.7 Å². The van der Waals surface area contributed by atoms with Gasteiger partial charge in [-0.3, -0.25) is 4.79 Å². The average molecular weight is 419 g/mol. The molecule has 2 aromatic rings. The van der Waals surface area contributed by atoms with Crippen molar-refractivity contribution in [2.45, 2.75) is 51.4 Å². The average Bonchev–Trinajstić information content (AvgIpc) is 2.69. The van der Waals surface area contributed by atoms with Crippen LogP contribution in [0.5, 0.6) is 5.75 Å². The number of esters is 1. The second kappa shape index (κ2) is 10.1. The molecule has 156 valence electrons. The maximum Gasteiger partial charge on any atom is 0.302 e. The first-order valence-electron chi connectivity index (χ1n) is 9.91. The highest BCUT2D eigenvalue weighted by Gasteiger charge is 2.30. The summed E-state index contributed by atoms with van der Waals surface area (Å²) in [5, 5.41) is 10.9. The highest BCUT2D eigenvalue weighted by molar-refractivity contribution is 6.31. The summed E-state index contributed by atoms with van der Waals surface area (Å²) in [6.45, 7) is 4.11. The third-order valence-electron chi connectivity index (χ3n) is 4.92. The van der Waals surface area contributed by atoms with E-state index >= 15 is 0 Å². The van der Waals surface area contributed by atoms with Crippen molar-refractivity contribution in [3.05, 3.63) is 64.2 Å². The van der Waals surface area contributed by atoms with Crippen molar-refractivity contribution in [2.75, 3.05) is 13.2 Å². The van der Waals surface area contributed by atoms with Gasteiger partial charge in [0.05, 0.1) is 24.9 Å². The van der Waals surface area contributed by atoms with Crippen molar-refractivity contribution >= 4 is 17.6 Å². The van der Waals surface area contributed by atoms with E-state index in [0.29, 0.717) is 30.9 Å². The van der Waals surface area contributed by atoms with Gasteiger partial charge in [-0.05, 0) is 48.2 Å². The monoisotopic (exact) mass is 418 g/mol. The summed E-state index contributed by atoms with van der Waals surface area (Å²) in [7, 11) is 0. The first-order valence-corrected chi connectivity index (χ1v) is 10.3. The number of carbonyl (C=O) groups is 1. The standard InChI is InChI=1S/C23H27ClO5/c1-3-27-20-7-4-16(5-8-20)10-18-11-17(6-9-22(18)24)23-13-19(26)12-21(29-23)14-28-15(2)25/h4-9,11,19,21,23,26H,3,10,12-14H2,1-2H3. The fourth-order valence-electron chi connectivity index (χ4n) is 3.54. The van der Waals surface area contributed by atoms with E-state index in [1.54, 1.807) is 0 Å². The molecule has 2 aromatic carbocycles. The molecular weight excluding hydrogens is 392 g/mol. The molecular formula is C23H27ClO5. The van der Waals surface area contributed by atoms with Crippen LogP contribution in [0.2, 0.25) is 5.02 Å². The molecule has 0 amide bonds. The molecule has 6 heteroatoms. The Balaban J connectivity index is 1.72. The molecule has 0 bridgehead atoms. The number of halogens is 1. The molecule has 1 fully saturated rings. The molecule has 1 N–H and O–H groups in total. The Morgan fingerprint density at radius 1 is 1.21 bits per heavy atom. The molecule has 3 rings (SSSR count). The fourth-order valence-corrected chi connectivity index (χ4v) is 3.73. The van der Waals surface area contributed by atoms with Crippen LogP contribution in [0.3, 0.4) is 0 Å². The van der Waals surface area contributed by atoms with Crippen LogP contribution >= 0.6 is 11.6 Å². The molecule has 1 heterocycles. The number of hydrogen-bond acceptors (Lipinski definition) is 5. The van der Waals surface area contributed by atoms with Crippen molar-refractivity contribution in [2.24, 2.45) is 0 Å². The molecule has 0 spiro atoms. The van der Waals surface area contributed by atoms with Crippen molar-refractivity contribution in [3.63, 3.8) is 0 Å². The number of hydrogen-bond donors (Lipinski definition) is 1. The SMILES string of the molecule is CCOc1ccc(Cc2cc(C3CC(O)CC(COC(C)=O)O3)ccc2Cl)cc1. The highest BCUT2D eigenvalue weighted by atomic mass is 35.5. The van der Waals surface area contributed by atoms with Gasteiger partial charge in [0.15, 0.2) is 0 Å². The number of rotatable bonds is 7. The van der Waals surface area contributed by atoms with E-state index in [4.69, 9.17) is 25.8 Å². The fraction of sp³-hybridized carbons (Fsp3) is 0.435. The van der Waals surface area contributed by atoms with Crippen LogP contribution in [0, 0.1) is 0 Å². The molecule has 0 aliphatic carbocycles. The lowest BCUT2D eigenvalue weighted by atomic mass is 9.94. The molecule has 29 heavy (non-hydrogen) atoms.